The molecule has 1 aliphatic heterocycles. The molecule has 0 saturated carbocycles. The second kappa shape index (κ2) is 12.1. The number of carbonyl (C=O) groups is 1. The number of aromatic amines is 1. The average Bonchev–Trinajstić information content (AvgIpc) is 3.29. The van der Waals surface area contributed by atoms with Gasteiger partial charge in [0.25, 0.3) is 0 Å². The quantitative estimate of drug-likeness (QED) is 0.235. The number of amides is 1. The first-order chi connectivity index (χ1) is 18.5. The molecule has 0 radical (unpaired) electrons. The molecule has 0 fully saturated rings. The molecule has 3 N–H and O–H groups in total. The van der Waals surface area contributed by atoms with Gasteiger partial charge in [-0.3, -0.25) is 4.90 Å². The van der Waals surface area contributed by atoms with Gasteiger partial charge in [0.2, 0.25) is 0 Å². The number of hydrogen-bond acceptors (Lipinski definition) is 5. The lowest BCUT2D eigenvalue weighted by Crippen LogP contribution is -2.42. The first-order valence-electron chi connectivity index (χ1n) is 12.6. The summed E-state index contributed by atoms with van der Waals surface area (Å²) >= 11 is 12.3. The minimum Gasteiger partial charge on any atom is -0.494 e. The number of ether oxygens (including phenoxy) is 3. The maximum Gasteiger partial charge on any atom is 0.416 e. The van der Waals surface area contributed by atoms with E-state index in [1.54, 1.807) is 29.2 Å². The summed E-state index contributed by atoms with van der Waals surface area (Å²) < 4.78 is 17.0. The van der Waals surface area contributed by atoms with E-state index >= 15 is 0 Å². The predicted molar refractivity (Wildman–Crippen MR) is 149 cm³/mol. The van der Waals surface area contributed by atoms with Crippen LogP contribution in [0.5, 0.6) is 11.5 Å². The molecular formula is C29H29Cl2N3O4. The van der Waals surface area contributed by atoms with Gasteiger partial charge in [0.15, 0.2) is 0 Å². The Morgan fingerprint density at radius 1 is 0.947 bits per heavy atom. The van der Waals surface area contributed by atoms with Crippen molar-refractivity contribution in [3.05, 3.63) is 93.6 Å². The Hall–Kier alpha value is -3.23. The van der Waals surface area contributed by atoms with Gasteiger partial charge in [0, 0.05) is 52.8 Å². The van der Waals surface area contributed by atoms with Crippen LogP contribution in [0.15, 0.2) is 66.7 Å². The molecule has 1 aliphatic rings. The lowest BCUT2D eigenvalue weighted by Gasteiger charge is -2.35. The van der Waals surface area contributed by atoms with Crippen molar-refractivity contribution in [3.63, 3.8) is 0 Å². The smallest absolute Gasteiger partial charge is 0.416 e. The standard InChI is InChI=1S/C29H29Cl2N3O4/c30-20-4-9-23(10-5-20)38-29(35)34-14-12-24-25-18-21(31)6-11-26(25)33-27(24)28(34)19-2-7-22(8-3-19)37-16-1-15-36-17-13-32/h2-11,18,28,33H,1,12-17,32H2. The second-order valence-corrected chi connectivity index (χ2v) is 9.92. The van der Waals surface area contributed by atoms with Crippen molar-refractivity contribution in [2.45, 2.75) is 18.9 Å². The Morgan fingerprint density at radius 2 is 1.68 bits per heavy atom. The molecule has 0 spiro atoms. The van der Waals surface area contributed by atoms with Crippen LogP contribution >= 0.6 is 23.2 Å². The number of hydrogen-bond donors (Lipinski definition) is 2. The molecule has 1 atom stereocenters. The maximum atomic E-state index is 13.4. The SMILES string of the molecule is NCCOCCCOc1ccc(C2c3[nH]c4ccc(Cl)cc4c3CCN2C(=O)Oc2ccc(Cl)cc2)cc1. The van der Waals surface area contributed by atoms with E-state index in [-0.39, 0.29) is 6.04 Å². The average molecular weight is 554 g/mol. The molecule has 0 aliphatic carbocycles. The number of H-pyrrole nitrogens is 1. The summed E-state index contributed by atoms with van der Waals surface area (Å²) in [5.41, 5.74) is 9.46. The zero-order valence-electron chi connectivity index (χ0n) is 20.8. The zero-order chi connectivity index (χ0) is 26.5. The molecule has 3 aromatic carbocycles. The number of aromatic nitrogens is 1. The number of carbonyl (C=O) groups excluding carboxylic acids is 1. The Bertz CT molecular complexity index is 1390. The second-order valence-electron chi connectivity index (χ2n) is 9.05. The van der Waals surface area contributed by atoms with E-state index in [1.807, 2.05) is 42.5 Å². The van der Waals surface area contributed by atoms with Gasteiger partial charge >= 0.3 is 6.09 Å². The van der Waals surface area contributed by atoms with Crippen molar-refractivity contribution in [2.24, 2.45) is 5.73 Å². The van der Waals surface area contributed by atoms with Crippen LogP contribution in [0.2, 0.25) is 10.0 Å². The van der Waals surface area contributed by atoms with Crippen molar-refractivity contribution < 1.29 is 19.0 Å². The fourth-order valence-electron chi connectivity index (χ4n) is 4.75. The number of halogens is 2. The maximum absolute atomic E-state index is 13.4. The Morgan fingerprint density at radius 3 is 2.45 bits per heavy atom. The lowest BCUT2D eigenvalue weighted by atomic mass is 9.92. The van der Waals surface area contributed by atoms with E-state index in [0.29, 0.717) is 55.1 Å². The van der Waals surface area contributed by atoms with Gasteiger partial charge in [-0.2, -0.15) is 0 Å². The monoisotopic (exact) mass is 553 g/mol. The van der Waals surface area contributed by atoms with Gasteiger partial charge in [0.1, 0.15) is 17.5 Å². The van der Waals surface area contributed by atoms with Crippen LogP contribution in [0.1, 0.15) is 29.3 Å². The molecule has 9 heteroatoms. The molecule has 2 heterocycles. The van der Waals surface area contributed by atoms with Gasteiger partial charge < -0.3 is 24.9 Å². The summed E-state index contributed by atoms with van der Waals surface area (Å²) in [7, 11) is 0. The summed E-state index contributed by atoms with van der Waals surface area (Å²) in [6.07, 6.45) is 1.02. The molecule has 5 rings (SSSR count). The highest BCUT2D eigenvalue weighted by molar-refractivity contribution is 6.31. The molecule has 0 saturated heterocycles. The van der Waals surface area contributed by atoms with E-state index in [4.69, 9.17) is 43.1 Å². The summed E-state index contributed by atoms with van der Waals surface area (Å²) in [6, 6.07) is 20.0. The molecule has 4 aromatic rings. The molecule has 198 valence electrons. The largest absolute Gasteiger partial charge is 0.494 e. The Labute approximate surface area is 231 Å². The zero-order valence-corrected chi connectivity index (χ0v) is 22.3. The number of benzene rings is 3. The summed E-state index contributed by atoms with van der Waals surface area (Å²) in [5, 5.41) is 2.32. The number of nitrogens with zero attached hydrogens (tertiary/aromatic N) is 1. The van der Waals surface area contributed by atoms with Crippen molar-refractivity contribution in [3.8, 4) is 11.5 Å². The van der Waals surface area contributed by atoms with Crippen LogP contribution in [-0.2, 0) is 11.2 Å². The van der Waals surface area contributed by atoms with Crippen molar-refractivity contribution in [1.29, 1.82) is 0 Å². The fourth-order valence-corrected chi connectivity index (χ4v) is 5.05. The van der Waals surface area contributed by atoms with Gasteiger partial charge in [0.05, 0.1) is 13.2 Å². The Kier molecular flexibility index (Phi) is 8.39. The van der Waals surface area contributed by atoms with Crippen molar-refractivity contribution in [1.82, 2.24) is 9.88 Å². The van der Waals surface area contributed by atoms with Gasteiger partial charge in [-0.25, -0.2) is 4.79 Å². The minimum atomic E-state index is -0.433. The number of fused-ring (bicyclic) bond motifs is 3. The van der Waals surface area contributed by atoms with Crippen LogP contribution in [0.3, 0.4) is 0 Å². The van der Waals surface area contributed by atoms with E-state index in [9.17, 15) is 4.79 Å². The molecule has 0 bridgehead atoms. The first kappa shape index (κ1) is 26.4. The third-order valence-corrected chi connectivity index (χ3v) is 6.99. The third kappa shape index (κ3) is 5.92. The molecule has 7 nitrogen and oxygen atoms in total. The normalized spacial score (nSPS) is 14.9. The Balaban J connectivity index is 1.41. The third-order valence-electron chi connectivity index (χ3n) is 6.50. The van der Waals surface area contributed by atoms with E-state index < -0.39 is 6.09 Å². The van der Waals surface area contributed by atoms with Crippen LogP contribution in [0, 0.1) is 0 Å². The molecule has 1 unspecified atom stereocenters. The molecule has 1 amide bonds. The molecular weight excluding hydrogens is 525 g/mol. The summed E-state index contributed by atoms with van der Waals surface area (Å²) in [4.78, 5) is 18.7. The topological polar surface area (TPSA) is 89.8 Å². The van der Waals surface area contributed by atoms with E-state index in [2.05, 4.69) is 4.98 Å². The van der Waals surface area contributed by atoms with Gasteiger partial charge in [-0.05, 0) is 72.1 Å². The van der Waals surface area contributed by atoms with Gasteiger partial charge in [-0.15, -0.1) is 0 Å². The number of nitrogens with two attached hydrogens (primary N) is 1. The van der Waals surface area contributed by atoms with Crippen molar-refractivity contribution in [2.75, 3.05) is 32.9 Å². The minimum absolute atomic E-state index is 0.372. The van der Waals surface area contributed by atoms with E-state index in [1.165, 1.54) is 0 Å². The van der Waals surface area contributed by atoms with Crippen molar-refractivity contribution >= 4 is 40.2 Å². The number of nitrogens with one attached hydrogen (secondary N) is 1. The number of rotatable bonds is 9. The fraction of sp³-hybridized carbons (Fsp3) is 0.276. The van der Waals surface area contributed by atoms with Crippen LogP contribution < -0.4 is 15.2 Å². The molecule has 1 aromatic heterocycles. The summed E-state index contributed by atoms with van der Waals surface area (Å²) in [5.74, 6) is 1.19. The van der Waals surface area contributed by atoms with Crippen LogP contribution in [0.25, 0.3) is 10.9 Å². The lowest BCUT2D eigenvalue weighted by molar-refractivity contribution is 0.126. The predicted octanol–water partition coefficient (Wildman–Crippen LogP) is 6.37. The molecule has 38 heavy (non-hydrogen) atoms. The first-order valence-corrected chi connectivity index (χ1v) is 13.3. The summed E-state index contributed by atoms with van der Waals surface area (Å²) in [6.45, 7) is 2.70. The van der Waals surface area contributed by atoms with Crippen LogP contribution in [-0.4, -0.2) is 48.9 Å². The van der Waals surface area contributed by atoms with E-state index in [0.717, 1.165) is 39.9 Å². The highest BCUT2D eigenvalue weighted by Gasteiger charge is 2.35. The highest BCUT2D eigenvalue weighted by Crippen LogP contribution is 2.40. The van der Waals surface area contributed by atoms with Gasteiger partial charge in [-0.1, -0.05) is 35.3 Å². The highest BCUT2D eigenvalue weighted by atomic mass is 35.5. The van der Waals surface area contributed by atoms with Crippen LogP contribution in [0.4, 0.5) is 4.79 Å².